The molecule has 2 aromatic rings. The number of nitrogens with zero attached hydrogens (tertiary/aromatic N) is 2. The molecule has 2 aromatic carbocycles. The molecule has 0 bridgehead atoms. The van der Waals surface area contributed by atoms with Gasteiger partial charge in [0, 0.05) is 38.3 Å². The van der Waals surface area contributed by atoms with Crippen molar-refractivity contribution >= 4 is 5.91 Å². The van der Waals surface area contributed by atoms with Crippen molar-refractivity contribution in [3.8, 4) is 11.5 Å². The molecule has 2 heterocycles. The summed E-state index contributed by atoms with van der Waals surface area (Å²) in [5, 5.41) is 9.98. The van der Waals surface area contributed by atoms with Crippen LogP contribution >= 0.6 is 0 Å². The fourth-order valence-electron chi connectivity index (χ4n) is 4.31. The molecular weight excluding hydrogens is 387 g/mol. The van der Waals surface area contributed by atoms with Crippen LogP contribution in [-0.2, 0) is 22.6 Å². The van der Waals surface area contributed by atoms with Crippen LogP contribution in [0.15, 0.2) is 42.5 Å². The number of hydrogen-bond donors (Lipinski definition) is 1. The van der Waals surface area contributed by atoms with Gasteiger partial charge in [-0.05, 0) is 36.6 Å². The fourth-order valence-corrected chi connectivity index (χ4v) is 4.31. The Hall–Kier alpha value is -2.64. The second kappa shape index (κ2) is 8.62. The lowest BCUT2D eigenvalue weighted by Gasteiger charge is -2.46. The first-order chi connectivity index (χ1) is 14.5. The Bertz CT molecular complexity index is 912. The molecule has 0 unspecified atom stereocenters. The van der Waals surface area contributed by atoms with E-state index in [1.165, 1.54) is 13.2 Å². The van der Waals surface area contributed by atoms with Gasteiger partial charge in [0.1, 0.15) is 11.4 Å². The van der Waals surface area contributed by atoms with Crippen molar-refractivity contribution in [2.75, 3.05) is 33.4 Å². The fraction of sp³-hybridized carbons (Fsp3) is 0.435. The molecule has 4 rings (SSSR count). The van der Waals surface area contributed by atoms with Gasteiger partial charge in [-0.25, -0.2) is 4.39 Å². The van der Waals surface area contributed by atoms with Gasteiger partial charge < -0.3 is 19.5 Å². The molecule has 2 fully saturated rings. The lowest BCUT2D eigenvalue weighted by atomic mass is 9.88. The molecule has 0 saturated carbocycles. The number of carbonyl (C=O) groups is 1. The average molecular weight is 414 g/mol. The SMILES string of the molecule is COc1ccc(CN2CCC3(CC2)OCCN(Cc2ccccc2F)C3=O)cc1O. The second-order valence-electron chi connectivity index (χ2n) is 7.94. The van der Waals surface area contributed by atoms with E-state index in [0.29, 0.717) is 56.9 Å². The van der Waals surface area contributed by atoms with Crippen LogP contribution in [-0.4, -0.2) is 59.8 Å². The normalized spacial score (nSPS) is 19.3. The van der Waals surface area contributed by atoms with Crippen LogP contribution in [0.3, 0.4) is 0 Å². The Morgan fingerprint density at radius 1 is 1.13 bits per heavy atom. The number of amides is 1. The third-order valence-corrected chi connectivity index (χ3v) is 6.05. The molecule has 1 amide bonds. The van der Waals surface area contributed by atoms with Crippen molar-refractivity contribution in [2.24, 2.45) is 0 Å². The minimum atomic E-state index is -0.817. The number of piperidine rings is 1. The van der Waals surface area contributed by atoms with Crippen molar-refractivity contribution in [1.29, 1.82) is 0 Å². The molecule has 2 saturated heterocycles. The largest absolute Gasteiger partial charge is 0.504 e. The first-order valence-electron chi connectivity index (χ1n) is 10.3. The van der Waals surface area contributed by atoms with Crippen molar-refractivity contribution in [3.05, 3.63) is 59.4 Å². The molecule has 2 aliphatic rings. The van der Waals surface area contributed by atoms with E-state index in [1.807, 2.05) is 6.07 Å². The predicted octanol–water partition coefficient (Wildman–Crippen LogP) is 2.93. The second-order valence-corrected chi connectivity index (χ2v) is 7.94. The minimum Gasteiger partial charge on any atom is -0.504 e. The maximum atomic E-state index is 14.0. The number of phenols is 1. The van der Waals surface area contributed by atoms with Crippen LogP contribution in [0.25, 0.3) is 0 Å². The number of halogens is 1. The number of likely N-dealkylation sites (tertiary alicyclic amines) is 1. The number of methoxy groups -OCH3 is 1. The van der Waals surface area contributed by atoms with Crippen LogP contribution in [0.5, 0.6) is 11.5 Å². The van der Waals surface area contributed by atoms with Crippen LogP contribution in [0.1, 0.15) is 24.0 Å². The molecule has 0 radical (unpaired) electrons. The van der Waals surface area contributed by atoms with Crippen LogP contribution in [0, 0.1) is 5.82 Å². The third-order valence-electron chi connectivity index (χ3n) is 6.05. The summed E-state index contributed by atoms with van der Waals surface area (Å²) in [6.07, 6.45) is 1.20. The van der Waals surface area contributed by atoms with E-state index in [2.05, 4.69) is 4.90 Å². The number of ether oxygens (including phenoxy) is 2. The molecule has 0 aromatic heterocycles. The van der Waals surface area contributed by atoms with Gasteiger partial charge in [0.05, 0.1) is 13.7 Å². The molecule has 7 heteroatoms. The van der Waals surface area contributed by atoms with Crippen LogP contribution in [0.4, 0.5) is 4.39 Å². The Morgan fingerprint density at radius 3 is 2.60 bits per heavy atom. The highest BCUT2D eigenvalue weighted by Gasteiger charge is 2.47. The zero-order valence-electron chi connectivity index (χ0n) is 17.1. The molecule has 6 nitrogen and oxygen atoms in total. The van der Waals surface area contributed by atoms with Gasteiger partial charge in [-0.1, -0.05) is 24.3 Å². The van der Waals surface area contributed by atoms with E-state index >= 15 is 0 Å². The topological polar surface area (TPSA) is 62.2 Å². The molecule has 0 aliphatic carbocycles. The number of benzene rings is 2. The summed E-state index contributed by atoms with van der Waals surface area (Å²) >= 11 is 0. The molecule has 160 valence electrons. The van der Waals surface area contributed by atoms with Crippen molar-refractivity contribution < 1.29 is 23.8 Å². The molecular formula is C23H27FN2O4. The summed E-state index contributed by atoms with van der Waals surface area (Å²) < 4.78 is 25.1. The van der Waals surface area contributed by atoms with Gasteiger partial charge in [-0.15, -0.1) is 0 Å². The first kappa shape index (κ1) is 20.6. The number of hydrogen-bond acceptors (Lipinski definition) is 5. The summed E-state index contributed by atoms with van der Waals surface area (Å²) in [6, 6.07) is 12.0. The summed E-state index contributed by atoms with van der Waals surface area (Å²) in [5.41, 5.74) is 0.697. The van der Waals surface area contributed by atoms with Gasteiger partial charge in [-0.3, -0.25) is 9.69 Å². The van der Waals surface area contributed by atoms with E-state index in [4.69, 9.17) is 9.47 Å². The molecule has 30 heavy (non-hydrogen) atoms. The maximum Gasteiger partial charge on any atom is 0.255 e. The van der Waals surface area contributed by atoms with E-state index in [0.717, 1.165) is 5.56 Å². The number of phenolic OH excluding ortho intramolecular Hbond substituents is 1. The number of carbonyl (C=O) groups excluding carboxylic acids is 1. The first-order valence-corrected chi connectivity index (χ1v) is 10.3. The van der Waals surface area contributed by atoms with Crippen LogP contribution < -0.4 is 4.74 Å². The molecule has 2 aliphatic heterocycles. The Balaban J connectivity index is 1.38. The lowest BCUT2D eigenvalue weighted by Crippen LogP contribution is -2.60. The summed E-state index contributed by atoms with van der Waals surface area (Å²) in [7, 11) is 1.52. The number of morpholine rings is 1. The number of aromatic hydroxyl groups is 1. The van der Waals surface area contributed by atoms with Gasteiger partial charge in [0.2, 0.25) is 0 Å². The maximum absolute atomic E-state index is 14.0. The standard InChI is InChI=1S/C23H27FN2O4/c1-29-21-7-6-17(14-20(21)27)15-25-10-8-23(9-11-25)22(28)26(12-13-30-23)16-18-4-2-3-5-19(18)24/h2-7,14,27H,8-13,15-16H2,1H3. The molecule has 1 N–H and O–H groups in total. The Kier molecular flexibility index (Phi) is 5.92. The van der Waals surface area contributed by atoms with Crippen molar-refractivity contribution in [3.63, 3.8) is 0 Å². The summed E-state index contributed by atoms with van der Waals surface area (Å²) in [5.74, 6) is 0.243. The smallest absolute Gasteiger partial charge is 0.255 e. The van der Waals surface area contributed by atoms with Gasteiger partial charge in [-0.2, -0.15) is 0 Å². The predicted molar refractivity (Wildman–Crippen MR) is 110 cm³/mol. The summed E-state index contributed by atoms with van der Waals surface area (Å²) in [6.45, 7) is 3.32. The van der Waals surface area contributed by atoms with E-state index in [9.17, 15) is 14.3 Å². The summed E-state index contributed by atoms with van der Waals surface area (Å²) in [4.78, 5) is 17.2. The van der Waals surface area contributed by atoms with E-state index in [-0.39, 0.29) is 24.0 Å². The zero-order chi connectivity index (χ0) is 21.1. The lowest BCUT2D eigenvalue weighted by molar-refractivity contribution is -0.180. The zero-order valence-corrected chi connectivity index (χ0v) is 17.1. The Morgan fingerprint density at radius 2 is 1.90 bits per heavy atom. The van der Waals surface area contributed by atoms with Gasteiger partial charge in [0.15, 0.2) is 11.5 Å². The highest BCUT2D eigenvalue weighted by Crippen LogP contribution is 2.33. The van der Waals surface area contributed by atoms with Gasteiger partial charge in [0.25, 0.3) is 5.91 Å². The highest BCUT2D eigenvalue weighted by atomic mass is 19.1. The highest BCUT2D eigenvalue weighted by molar-refractivity contribution is 5.86. The average Bonchev–Trinajstić information content (AvgIpc) is 2.75. The van der Waals surface area contributed by atoms with Gasteiger partial charge >= 0.3 is 0 Å². The van der Waals surface area contributed by atoms with Crippen molar-refractivity contribution in [2.45, 2.75) is 31.5 Å². The molecule has 1 spiro atoms. The monoisotopic (exact) mass is 414 g/mol. The Labute approximate surface area is 175 Å². The minimum absolute atomic E-state index is 0.0428. The van der Waals surface area contributed by atoms with Crippen molar-refractivity contribution in [1.82, 2.24) is 9.80 Å². The third kappa shape index (κ3) is 4.13. The van der Waals surface area contributed by atoms with E-state index < -0.39 is 5.60 Å². The molecule has 0 atom stereocenters. The van der Waals surface area contributed by atoms with E-state index in [1.54, 1.807) is 35.2 Å². The van der Waals surface area contributed by atoms with Crippen LogP contribution in [0.2, 0.25) is 0 Å². The quantitative estimate of drug-likeness (QED) is 0.815. The number of rotatable bonds is 5.